The molecule has 0 bridgehead atoms. The fourth-order valence-electron chi connectivity index (χ4n) is 5.01. The van der Waals surface area contributed by atoms with Gasteiger partial charge < -0.3 is 15.1 Å². The minimum absolute atomic E-state index is 0.0491. The van der Waals surface area contributed by atoms with Gasteiger partial charge in [-0.15, -0.1) is 5.10 Å². The number of amides is 2. The van der Waals surface area contributed by atoms with E-state index in [1.54, 1.807) is 0 Å². The SMILES string of the molecule is Cc1ccc(N2CC[C@H](C(=O)Nc3ccc(C4CCN(C(=O)c5ccccc5)CC4)cc3)C2)nn1. The Morgan fingerprint density at radius 1 is 0.857 bits per heavy atom. The summed E-state index contributed by atoms with van der Waals surface area (Å²) in [4.78, 5) is 29.6. The van der Waals surface area contributed by atoms with Gasteiger partial charge in [-0.3, -0.25) is 9.59 Å². The number of hydrogen-bond donors (Lipinski definition) is 1. The number of hydrogen-bond acceptors (Lipinski definition) is 5. The van der Waals surface area contributed by atoms with E-state index in [0.29, 0.717) is 12.5 Å². The van der Waals surface area contributed by atoms with Gasteiger partial charge in [0.15, 0.2) is 5.82 Å². The molecule has 5 rings (SSSR count). The van der Waals surface area contributed by atoms with Crippen LogP contribution in [0.3, 0.4) is 0 Å². The molecule has 7 heteroatoms. The molecule has 1 aromatic heterocycles. The predicted molar refractivity (Wildman–Crippen MR) is 136 cm³/mol. The molecule has 3 heterocycles. The van der Waals surface area contributed by atoms with Crippen molar-refractivity contribution < 1.29 is 9.59 Å². The third-order valence-electron chi connectivity index (χ3n) is 7.12. The van der Waals surface area contributed by atoms with E-state index >= 15 is 0 Å². The first kappa shape index (κ1) is 23.0. The lowest BCUT2D eigenvalue weighted by molar-refractivity contribution is -0.119. The number of aromatic nitrogens is 2. The van der Waals surface area contributed by atoms with Crippen molar-refractivity contribution in [3.8, 4) is 0 Å². The van der Waals surface area contributed by atoms with Gasteiger partial charge in [0.2, 0.25) is 5.91 Å². The Hall–Kier alpha value is -3.74. The summed E-state index contributed by atoms with van der Waals surface area (Å²) < 4.78 is 0. The number of carbonyl (C=O) groups excluding carboxylic acids is 2. The van der Waals surface area contributed by atoms with Crippen molar-refractivity contribution in [3.05, 3.63) is 83.6 Å². The molecule has 0 radical (unpaired) electrons. The van der Waals surface area contributed by atoms with Crippen molar-refractivity contribution >= 4 is 23.3 Å². The van der Waals surface area contributed by atoms with Gasteiger partial charge in [0.05, 0.1) is 11.6 Å². The Labute approximate surface area is 206 Å². The molecule has 180 valence electrons. The normalized spacial score (nSPS) is 18.5. The Morgan fingerprint density at radius 3 is 2.29 bits per heavy atom. The average Bonchev–Trinajstić information content (AvgIpc) is 3.40. The first-order valence-electron chi connectivity index (χ1n) is 12.4. The number of aryl methyl sites for hydroxylation is 1. The van der Waals surface area contributed by atoms with E-state index in [2.05, 4.69) is 32.5 Å². The summed E-state index contributed by atoms with van der Waals surface area (Å²) >= 11 is 0. The maximum atomic E-state index is 12.8. The highest BCUT2D eigenvalue weighted by atomic mass is 16.2. The van der Waals surface area contributed by atoms with Crippen molar-refractivity contribution in [2.45, 2.75) is 32.1 Å². The highest BCUT2D eigenvalue weighted by molar-refractivity contribution is 5.94. The standard InChI is InChI=1S/C28H31N5O2/c1-20-7-12-26(31-30-20)33-18-15-24(19-33)27(34)29-25-10-8-21(9-11-25)22-13-16-32(17-14-22)28(35)23-5-3-2-4-6-23/h2-12,22,24H,13-19H2,1H3,(H,29,34)/t24-/m0/s1. The van der Waals surface area contributed by atoms with E-state index in [4.69, 9.17) is 0 Å². The first-order valence-corrected chi connectivity index (χ1v) is 12.4. The van der Waals surface area contributed by atoms with Crippen molar-refractivity contribution in [1.29, 1.82) is 0 Å². The fourth-order valence-corrected chi connectivity index (χ4v) is 5.01. The molecule has 2 saturated heterocycles. The lowest BCUT2D eigenvalue weighted by atomic mass is 9.89. The first-order chi connectivity index (χ1) is 17.1. The number of anilines is 2. The molecular formula is C28H31N5O2. The van der Waals surface area contributed by atoms with Crippen LogP contribution in [0.1, 0.15) is 46.8 Å². The van der Waals surface area contributed by atoms with Crippen molar-refractivity contribution in [2.75, 3.05) is 36.4 Å². The molecule has 1 N–H and O–H groups in total. The zero-order valence-electron chi connectivity index (χ0n) is 20.1. The van der Waals surface area contributed by atoms with Gasteiger partial charge in [0.1, 0.15) is 0 Å². The molecule has 0 saturated carbocycles. The Morgan fingerprint density at radius 2 is 1.60 bits per heavy atom. The van der Waals surface area contributed by atoms with Crippen LogP contribution in [0, 0.1) is 12.8 Å². The van der Waals surface area contributed by atoms with Crippen LogP contribution in [0.5, 0.6) is 0 Å². The number of rotatable bonds is 5. The lowest BCUT2D eigenvalue weighted by Crippen LogP contribution is -2.37. The second-order valence-corrected chi connectivity index (χ2v) is 9.51. The highest BCUT2D eigenvalue weighted by Crippen LogP contribution is 2.30. The molecule has 2 fully saturated rings. The van der Waals surface area contributed by atoms with Gasteiger partial charge in [0.25, 0.3) is 5.91 Å². The fraction of sp³-hybridized carbons (Fsp3) is 0.357. The molecule has 2 aromatic carbocycles. The van der Waals surface area contributed by atoms with Crippen LogP contribution in [-0.2, 0) is 4.79 Å². The van der Waals surface area contributed by atoms with Crippen LogP contribution in [0.4, 0.5) is 11.5 Å². The summed E-state index contributed by atoms with van der Waals surface area (Å²) in [6.45, 7) is 4.90. The van der Waals surface area contributed by atoms with Crippen molar-refractivity contribution in [3.63, 3.8) is 0 Å². The maximum Gasteiger partial charge on any atom is 0.253 e. The third kappa shape index (κ3) is 5.34. The number of carbonyl (C=O) groups is 2. The monoisotopic (exact) mass is 469 g/mol. The van der Waals surface area contributed by atoms with Crippen LogP contribution in [0.15, 0.2) is 66.7 Å². The molecule has 0 unspecified atom stereocenters. The molecule has 35 heavy (non-hydrogen) atoms. The summed E-state index contributed by atoms with van der Waals surface area (Å²) in [5.74, 6) is 1.35. The summed E-state index contributed by atoms with van der Waals surface area (Å²) in [5.41, 5.74) is 3.73. The molecular weight excluding hydrogens is 438 g/mol. The summed E-state index contributed by atoms with van der Waals surface area (Å²) in [6.07, 6.45) is 2.70. The Bertz CT molecular complexity index is 1160. The number of piperidine rings is 1. The number of benzene rings is 2. The highest BCUT2D eigenvalue weighted by Gasteiger charge is 2.29. The zero-order chi connectivity index (χ0) is 24.2. The summed E-state index contributed by atoms with van der Waals surface area (Å²) in [7, 11) is 0. The van der Waals surface area contributed by atoms with E-state index in [-0.39, 0.29) is 17.7 Å². The lowest BCUT2D eigenvalue weighted by Gasteiger charge is -2.32. The minimum Gasteiger partial charge on any atom is -0.354 e. The van der Waals surface area contributed by atoms with E-state index < -0.39 is 0 Å². The Kier molecular flexibility index (Phi) is 6.75. The topological polar surface area (TPSA) is 78.4 Å². The predicted octanol–water partition coefficient (Wildman–Crippen LogP) is 4.27. The number of likely N-dealkylation sites (tertiary alicyclic amines) is 1. The molecule has 0 spiro atoms. The maximum absolute atomic E-state index is 12.8. The number of nitrogens with zero attached hydrogens (tertiary/aromatic N) is 4. The molecule has 0 aliphatic carbocycles. The van der Waals surface area contributed by atoms with Crippen LogP contribution in [0.25, 0.3) is 0 Å². The zero-order valence-corrected chi connectivity index (χ0v) is 20.1. The van der Waals surface area contributed by atoms with Gasteiger partial charge >= 0.3 is 0 Å². The molecule has 3 aromatic rings. The Balaban J connectivity index is 1.12. The molecule has 2 aliphatic rings. The van der Waals surface area contributed by atoms with Crippen LogP contribution >= 0.6 is 0 Å². The van der Waals surface area contributed by atoms with E-state index in [0.717, 1.165) is 61.7 Å². The van der Waals surface area contributed by atoms with Gasteiger partial charge in [-0.2, -0.15) is 5.10 Å². The van der Waals surface area contributed by atoms with Gasteiger partial charge in [-0.1, -0.05) is 30.3 Å². The quantitative estimate of drug-likeness (QED) is 0.604. The van der Waals surface area contributed by atoms with Gasteiger partial charge in [0, 0.05) is 37.4 Å². The average molecular weight is 470 g/mol. The van der Waals surface area contributed by atoms with E-state index in [9.17, 15) is 9.59 Å². The third-order valence-corrected chi connectivity index (χ3v) is 7.12. The largest absolute Gasteiger partial charge is 0.354 e. The number of nitrogens with one attached hydrogen (secondary N) is 1. The van der Waals surface area contributed by atoms with Gasteiger partial charge in [-0.05, 0) is 74.1 Å². The van der Waals surface area contributed by atoms with Crippen molar-refractivity contribution in [1.82, 2.24) is 15.1 Å². The summed E-state index contributed by atoms with van der Waals surface area (Å²) in [5, 5.41) is 11.4. The van der Waals surface area contributed by atoms with Crippen LogP contribution in [-0.4, -0.2) is 53.1 Å². The van der Waals surface area contributed by atoms with E-state index in [1.165, 1.54) is 5.56 Å². The molecule has 1 atom stereocenters. The van der Waals surface area contributed by atoms with Crippen LogP contribution < -0.4 is 10.2 Å². The van der Waals surface area contributed by atoms with Crippen LogP contribution in [0.2, 0.25) is 0 Å². The van der Waals surface area contributed by atoms with Gasteiger partial charge in [-0.25, -0.2) is 0 Å². The molecule has 2 aliphatic heterocycles. The van der Waals surface area contributed by atoms with E-state index in [1.807, 2.05) is 66.4 Å². The van der Waals surface area contributed by atoms with Crippen molar-refractivity contribution in [2.24, 2.45) is 5.92 Å². The second kappa shape index (κ2) is 10.3. The molecule has 2 amide bonds. The smallest absolute Gasteiger partial charge is 0.253 e. The second-order valence-electron chi connectivity index (χ2n) is 9.51. The molecule has 7 nitrogen and oxygen atoms in total. The summed E-state index contributed by atoms with van der Waals surface area (Å²) in [6, 6.07) is 21.6. The minimum atomic E-state index is -0.0655.